The number of aliphatic hydroxyl groups excluding tert-OH is 1. The first-order chi connectivity index (χ1) is 18.5. The number of H-pyrrole nitrogens is 2. The number of aromatic amines is 2. The number of nitrogens with one attached hydrogen (secondary N) is 2. The third-order valence-corrected chi connectivity index (χ3v) is 7.19. The number of carbonyl (C=O) groups excluding carboxylic acids is 3. The summed E-state index contributed by atoms with van der Waals surface area (Å²) in [6.45, 7) is 7.97. The minimum atomic E-state index is -2.85. The fourth-order valence-electron chi connectivity index (χ4n) is 5.01. The van der Waals surface area contributed by atoms with Crippen LogP contribution in [0.25, 0.3) is 27.4 Å². The van der Waals surface area contributed by atoms with E-state index in [2.05, 4.69) is 16.0 Å². The Hall–Kier alpha value is -4.49. The van der Waals surface area contributed by atoms with Gasteiger partial charge in [0.25, 0.3) is 0 Å². The van der Waals surface area contributed by atoms with Crippen molar-refractivity contribution in [1.82, 2.24) is 9.97 Å². The van der Waals surface area contributed by atoms with Crippen LogP contribution in [0.2, 0.25) is 0 Å². The van der Waals surface area contributed by atoms with Gasteiger partial charge in [0.1, 0.15) is 0 Å². The van der Waals surface area contributed by atoms with Gasteiger partial charge >= 0.3 is 0 Å². The highest BCUT2D eigenvalue weighted by Crippen LogP contribution is 2.40. The summed E-state index contributed by atoms with van der Waals surface area (Å²) in [5, 5.41) is 23.6. The van der Waals surface area contributed by atoms with E-state index in [9.17, 15) is 24.6 Å². The van der Waals surface area contributed by atoms with E-state index in [-0.39, 0.29) is 11.1 Å². The van der Waals surface area contributed by atoms with Crippen molar-refractivity contribution in [3.05, 3.63) is 100 Å². The number of ketones is 3. The highest BCUT2D eigenvalue weighted by atomic mass is 16.3. The molecule has 39 heavy (non-hydrogen) atoms. The largest absolute Gasteiger partial charge is 0.504 e. The van der Waals surface area contributed by atoms with Crippen LogP contribution in [-0.4, -0.2) is 37.5 Å². The van der Waals surface area contributed by atoms with Crippen molar-refractivity contribution >= 4 is 44.7 Å². The SMILES string of the molecule is CC(C)=CCc1ccc2[nH]cc(C3=C(O)C(=O)[C@](O)(c4c[nH]c5ccc(CC=C(C)C)cc45)C(=O)C3=O)c2c1. The molecule has 5 rings (SSSR count). The van der Waals surface area contributed by atoms with Crippen molar-refractivity contribution in [2.75, 3.05) is 0 Å². The average Bonchev–Trinajstić information content (AvgIpc) is 3.53. The normalized spacial score (nSPS) is 17.8. The molecular formula is C32H30N2O5. The molecule has 0 amide bonds. The number of carbonyl (C=O) groups is 3. The summed E-state index contributed by atoms with van der Waals surface area (Å²) in [5.74, 6) is -4.59. The first-order valence-corrected chi connectivity index (χ1v) is 12.8. The molecule has 0 bridgehead atoms. The van der Waals surface area contributed by atoms with Gasteiger partial charge in [-0.2, -0.15) is 0 Å². The highest BCUT2D eigenvalue weighted by molar-refractivity contribution is 6.63. The lowest BCUT2D eigenvalue weighted by molar-refractivity contribution is -0.156. The third kappa shape index (κ3) is 4.34. The molecule has 0 saturated carbocycles. The second-order valence-corrected chi connectivity index (χ2v) is 10.6. The van der Waals surface area contributed by atoms with E-state index in [1.54, 1.807) is 12.1 Å². The molecule has 1 atom stereocenters. The van der Waals surface area contributed by atoms with Crippen molar-refractivity contribution < 1.29 is 24.6 Å². The zero-order chi connectivity index (χ0) is 28.1. The number of Topliss-reactive ketones (excluding diaryl/α,β-unsaturated/α-hetero) is 3. The van der Waals surface area contributed by atoms with E-state index in [1.807, 2.05) is 58.0 Å². The minimum absolute atomic E-state index is 0.0616. The summed E-state index contributed by atoms with van der Waals surface area (Å²) in [6, 6.07) is 11.1. The van der Waals surface area contributed by atoms with Crippen molar-refractivity contribution in [2.24, 2.45) is 0 Å². The molecule has 2 aromatic carbocycles. The third-order valence-electron chi connectivity index (χ3n) is 7.19. The Kier molecular flexibility index (Phi) is 6.48. The van der Waals surface area contributed by atoms with Crippen LogP contribution in [-0.2, 0) is 32.8 Å². The van der Waals surface area contributed by atoms with Gasteiger partial charge in [0.2, 0.25) is 23.0 Å². The van der Waals surface area contributed by atoms with Crippen molar-refractivity contribution in [1.29, 1.82) is 0 Å². The van der Waals surface area contributed by atoms with E-state index in [0.29, 0.717) is 34.6 Å². The summed E-state index contributed by atoms with van der Waals surface area (Å²) < 4.78 is 0. The molecule has 7 nitrogen and oxygen atoms in total. The molecule has 0 fully saturated rings. The van der Waals surface area contributed by atoms with Crippen LogP contribution < -0.4 is 0 Å². The number of allylic oxidation sites excluding steroid dienone is 5. The quantitative estimate of drug-likeness (QED) is 0.150. The van der Waals surface area contributed by atoms with E-state index < -0.39 is 34.3 Å². The lowest BCUT2D eigenvalue weighted by Gasteiger charge is -2.28. The summed E-state index contributed by atoms with van der Waals surface area (Å²) in [4.78, 5) is 46.6. The number of hydrogen-bond donors (Lipinski definition) is 4. The van der Waals surface area contributed by atoms with E-state index in [1.165, 1.54) is 12.4 Å². The van der Waals surface area contributed by atoms with Crippen LogP contribution in [0.15, 0.2) is 77.8 Å². The Labute approximate surface area is 225 Å². The van der Waals surface area contributed by atoms with Crippen molar-refractivity contribution in [2.45, 2.75) is 46.1 Å². The molecule has 4 N–H and O–H groups in total. The standard InChI is InChI=1S/C32H30N2O5/c1-17(2)5-7-19-9-11-25-21(13-19)23(15-33-25)27-28(35)30(37)32(39,31(38)29(27)36)24-16-34-26-12-10-20(14-22(24)26)8-6-18(3)4/h5-6,9-16,33-35,39H,7-8H2,1-4H3/t32-/m1/s1. The van der Waals surface area contributed by atoms with Gasteiger partial charge in [-0.25, -0.2) is 0 Å². The molecule has 1 aliphatic carbocycles. The van der Waals surface area contributed by atoms with Gasteiger partial charge in [0.15, 0.2) is 5.76 Å². The maximum atomic E-state index is 13.6. The number of hydrogen-bond acceptors (Lipinski definition) is 5. The summed E-state index contributed by atoms with van der Waals surface area (Å²) in [7, 11) is 0. The first kappa shape index (κ1) is 26.1. The van der Waals surface area contributed by atoms with Gasteiger partial charge < -0.3 is 20.2 Å². The smallest absolute Gasteiger partial charge is 0.247 e. The summed E-state index contributed by atoms with van der Waals surface area (Å²) >= 11 is 0. The molecule has 0 spiro atoms. The van der Waals surface area contributed by atoms with Gasteiger partial charge in [0, 0.05) is 45.3 Å². The lowest BCUT2D eigenvalue weighted by atomic mass is 9.75. The Balaban J connectivity index is 1.62. The zero-order valence-corrected chi connectivity index (χ0v) is 22.3. The Morgan fingerprint density at radius 3 is 1.92 bits per heavy atom. The van der Waals surface area contributed by atoms with Gasteiger partial charge in [-0.3, -0.25) is 14.4 Å². The molecule has 0 radical (unpaired) electrons. The molecule has 0 aliphatic heterocycles. The van der Waals surface area contributed by atoms with E-state index in [0.717, 1.165) is 22.3 Å². The molecule has 2 aromatic heterocycles. The van der Waals surface area contributed by atoms with Crippen LogP contribution in [0.4, 0.5) is 0 Å². The fourth-order valence-corrected chi connectivity index (χ4v) is 5.01. The minimum Gasteiger partial charge on any atom is -0.504 e. The van der Waals surface area contributed by atoms with E-state index in [4.69, 9.17) is 0 Å². The Morgan fingerprint density at radius 1 is 0.795 bits per heavy atom. The van der Waals surface area contributed by atoms with Crippen molar-refractivity contribution in [3.63, 3.8) is 0 Å². The van der Waals surface area contributed by atoms with Gasteiger partial charge in [0.05, 0.1) is 5.57 Å². The number of aromatic nitrogens is 2. The predicted octanol–water partition coefficient (Wildman–Crippen LogP) is 5.54. The molecule has 0 unspecified atom stereocenters. The van der Waals surface area contributed by atoms with Gasteiger partial charge in [-0.15, -0.1) is 0 Å². The topological polar surface area (TPSA) is 123 Å². The highest BCUT2D eigenvalue weighted by Gasteiger charge is 2.56. The molecule has 4 aromatic rings. The molecule has 2 heterocycles. The lowest BCUT2D eigenvalue weighted by Crippen LogP contribution is -2.51. The monoisotopic (exact) mass is 522 g/mol. The van der Waals surface area contributed by atoms with Gasteiger partial charge in [-0.1, -0.05) is 35.4 Å². The Morgan fingerprint density at radius 2 is 1.33 bits per heavy atom. The van der Waals surface area contributed by atoms with Crippen LogP contribution in [0.3, 0.4) is 0 Å². The van der Waals surface area contributed by atoms with Crippen LogP contribution >= 0.6 is 0 Å². The summed E-state index contributed by atoms with van der Waals surface area (Å²) in [6.07, 6.45) is 8.22. The second kappa shape index (κ2) is 9.67. The molecule has 7 heteroatoms. The fraction of sp³-hybridized carbons (Fsp3) is 0.219. The van der Waals surface area contributed by atoms with Crippen molar-refractivity contribution in [3.8, 4) is 0 Å². The molecular weight excluding hydrogens is 492 g/mol. The zero-order valence-electron chi connectivity index (χ0n) is 22.3. The van der Waals surface area contributed by atoms with Crippen LogP contribution in [0.1, 0.15) is 49.9 Å². The first-order valence-electron chi connectivity index (χ1n) is 12.8. The average molecular weight is 523 g/mol. The number of aliphatic hydroxyl groups is 2. The maximum Gasteiger partial charge on any atom is 0.247 e. The van der Waals surface area contributed by atoms with Gasteiger partial charge in [-0.05, 0) is 75.9 Å². The van der Waals surface area contributed by atoms with E-state index >= 15 is 0 Å². The Bertz CT molecular complexity index is 1770. The van der Waals surface area contributed by atoms with Crippen LogP contribution in [0, 0.1) is 0 Å². The van der Waals surface area contributed by atoms with Crippen LogP contribution in [0.5, 0.6) is 0 Å². The molecule has 1 aliphatic rings. The molecule has 0 saturated heterocycles. The maximum absolute atomic E-state index is 13.6. The second-order valence-electron chi connectivity index (χ2n) is 10.6. The predicted molar refractivity (Wildman–Crippen MR) is 151 cm³/mol. The molecule has 198 valence electrons. The number of benzene rings is 2. The summed E-state index contributed by atoms with van der Waals surface area (Å²) in [5.41, 5.74) is 2.33. The number of rotatable bonds is 6. The number of fused-ring (bicyclic) bond motifs is 2.